The van der Waals surface area contributed by atoms with Gasteiger partial charge in [-0.1, -0.05) is 34.5 Å². The van der Waals surface area contributed by atoms with Gasteiger partial charge in [-0.25, -0.2) is 4.98 Å². The van der Waals surface area contributed by atoms with E-state index in [9.17, 15) is 4.79 Å². The van der Waals surface area contributed by atoms with E-state index in [4.69, 9.17) is 40.2 Å². The lowest BCUT2D eigenvalue weighted by molar-refractivity contribution is 0.0975. The summed E-state index contributed by atoms with van der Waals surface area (Å²) < 4.78 is 6.08. The third kappa shape index (κ3) is 4.19. The maximum atomic E-state index is 12.4. The second-order valence-corrected chi connectivity index (χ2v) is 7.20. The number of thiocarbonyl (C=S) groups is 1. The number of aromatic nitrogens is 1. The van der Waals surface area contributed by atoms with Gasteiger partial charge >= 0.3 is 0 Å². The number of anilines is 1. The van der Waals surface area contributed by atoms with Crippen molar-refractivity contribution < 1.29 is 9.53 Å². The van der Waals surface area contributed by atoms with E-state index in [0.717, 1.165) is 10.2 Å². The summed E-state index contributed by atoms with van der Waals surface area (Å²) in [6.07, 6.45) is 0. The number of nitrogens with one attached hydrogen (secondary N) is 2. The van der Waals surface area contributed by atoms with Crippen LogP contribution in [-0.2, 0) is 0 Å². The molecule has 0 saturated heterocycles. The lowest BCUT2D eigenvalue weighted by Gasteiger charge is -2.10. The Morgan fingerprint density at radius 2 is 1.92 bits per heavy atom. The van der Waals surface area contributed by atoms with Gasteiger partial charge in [0.25, 0.3) is 5.91 Å². The van der Waals surface area contributed by atoms with Gasteiger partial charge in [0.2, 0.25) is 0 Å². The lowest BCUT2D eigenvalue weighted by Crippen LogP contribution is -2.34. The summed E-state index contributed by atoms with van der Waals surface area (Å²) in [5.74, 6) is -0.0275. The molecule has 5 nitrogen and oxygen atoms in total. The van der Waals surface area contributed by atoms with E-state index in [1.54, 1.807) is 18.2 Å². The Morgan fingerprint density at radius 1 is 1.20 bits per heavy atom. The minimum absolute atomic E-state index is 0.122. The van der Waals surface area contributed by atoms with Crippen LogP contribution in [0.2, 0.25) is 10.0 Å². The molecule has 2 aromatic carbocycles. The topological polar surface area (TPSA) is 63.2 Å². The average Bonchev–Trinajstić information content (AvgIpc) is 2.95. The van der Waals surface area contributed by atoms with Crippen LogP contribution >= 0.6 is 46.8 Å². The van der Waals surface area contributed by atoms with Crippen LogP contribution in [0.5, 0.6) is 5.75 Å². The van der Waals surface area contributed by atoms with Gasteiger partial charge in [0.15, 0.2) is 10.2 Å². The fraction of sp³-hybridized carbons (Fsp3) is 0.0625. The van der Waals surface area contributed by atoms with E-state index in [-0.39, 0.29) is 10.7 Å². The number of ether oxygens (including phenoxy) is 1. The molecule has 0 aliphatic carbocycles. The van der Waals surface area contributed by atoms with Crippen LogP contribution < -0.4 is 15.4 Å². The van der Waals surface area contributed by atoms with Crippen molar-refractivity contribution in [1.82, 2.24) is 10.3 Å². The van der Waals surface area contributed by atoms with Gasteiger partial charge in [-0.05, 0) is 48.6 Å². The lowest BCUT2D eigenvalue weighted by atomic mass is 10.2. The first-order valence-corrected chi connectivity index (χ1v) is 8.96. The van der Waals surface area contributed by atoms with Gasteiger partial charge in [0.1, 0.15) is 5.75 Å². The normalized spacial score (nSPS) is 10.5. The molecule has 0 spiro atoms. The molecule has 1 amide bonds. The van der Waals surface area contributed by atoms with Crippen molar-refractivity contribution in [3.63, 3.8) is 0 Å². The van der Waals surface area contributed by atoms with Crippen LogP contribution in [0.15, 0.2) is 36.4 Å². The van der Waals surface area contributed by atoms with Crippen molar-refractivity contribution in [2.24, 2.45) is 0 Å². The minimum atomic E-state index is -0.430. The van der Waals surface area contributed by atoms with Gasteiger partial charge in [-0.2, -0.15) is 0 Å². The number of halogens is 2. The maximum Gasteiger partial charge on any atom is 0.261 e. The predicted octanol–water partition coefficient (Wildman–Crippen LogP) is 4.74. The molecule has 0 aliphatic heterocycles. The smallest absolute Gasteiger partial charge is 0.261 e. The summed E-state index contributed by atoms with van der Waals surface area (Å²) in [5, 5.41) is 7.21. The molecule has 3 rings (SSSR count). The molecular weight excluding hydrogens is 401 g/mol. The highest BCUT2D eigenvalue weighted by molar-refractivity contribution is 7.80. The standard InChI is InChI=1S/C16H11Cl2N3O2S2/c1-23-12-5-3-8(17)6-10(12)14(22)20-15(24)21-16-19-11-4-2-9(18)7-13(11)25-16/h2-7H,1H3,(H2,19,20,21,22,24). The highest BCUT2D eigenvalue weighted by Gasteiger charge is 2.15. The van der Waals surface area contributed by atoms with Crippen LogP contribution in [0.3, 0.4) is 0 Å². The summed E-state index contributed by atoms with van der Waals surface area (Å²) in [5.41, 5.74) is 1.08. The molecule has 2 N–H and O–H groups in total. The Kier molecular flexibility index (Phi) is 5.39. The maximum absolute atomic E-state index is 12.4. The van der Waals surface area contributed by atoms with Crippen molar-refractivity contribution in [3.8, 4) is 5.75 Å². The largest absolute Gasteiger partial charge is 0.496 e. The summed E-state index contributed by atoms with van der Waals surface area (Å²) in [4.78, 5) is 16.8. The second-order valence-electron chi connectivity index (χ2n) is 4.88. The monoisotopic (exact) mass is 411 g/mol. The van der Waals surface area contributed by atoms with Gasteiger partial charge in [-0.15, -0.1) is 0 Å². The number of fused-ring (bicyclic) bond motifs is 1. The molecule has 3 aromatic rings. The zero-order valence-corrected chi connectivity index (χ0v) is 15.9. The van der Waals surface area contributed by atoms with Crippen LogP contribution in [0.4, 0.5) is 5.13 Å². The Hall–Kier alpha value is -1.93. The number of amides is 1. The number of methoxy groups -OCH3 is 1. The highest BCUT2D eigenvalue weighted by Crippen LogP contribution is 2.28. The highest BCUT2D eigenvalue weighted by atomic mass is 35.5. The van der Waals surface area contributed by atoms with Crippen LogP contribution in [0, 0.1) is 0 Å². The Labute approximate surface area is 162 Å². The van der Waals surface area contributed by atoms with E-state index >= 15 is 0 Å². The number of benzene rings is 2. The molecule has 9 heteroatoms. The molecule has 25 heavy (non-hydrogen) atoms. The molecule has 1 aromatic heterocycles. The Bertz CT molecular complexity index is 975. The molecule has 0 atom stereocenters. The molecule has 0 saturated carbocycles. The van der Waals surface area contributed by atoms with Crippen LogP contribution in [0.1, 0.15) is 10.4 Å². The summed E-state index contributed by atoms with van der Waals surface area (Å²) in [7, 11) is 1.48. The van der Waals surface area contributed by atoms with E-state index in [2.05, 4.69) is 15.6 Å². The second kappa shape index (κ2) is 7.53. The van der Waals surface area contributed by atoms with Crippen molar-refractivity contribution in [1.29, 1.82) is 0 Å². The van der Waals surface area contributed by atoms with E-state index in [1.165, 1.54) is 24.5 Å². The van der Waals surface area contributed by atoms with Crippen molar-refractivity contribution in [2.75, 3.05) is 12.4 Å². The third-order valence-corrected chi connectivity index (χ3v) is 4.81. The van der Waals surface area contributed by atoms with Gasteiger partial charge in [-0.3, -0.25) is 10.1 Å². The van der Waals surface area contributed by atoms with Crippen molar-refractivity contribution >= 4 is 73.1 Å². The number of rotatable bonds is 3. The van der Waals surface area contributed by atoms with Crippen LogP contribution in [0.25, 0.3) is 10.2 Å². The summed E-state index contributed by atoms with van der Waals surface area (Å²) in [6.45, 7) is 0. The fourth-order valence-electron chi connectivity index (χ4n) is 2.11. The van der Waals surface area contributed by atoms with Gasteiger partial charge in [0, 0.05) is 10.0 Å². The molecule has 128 valence electrons. The first-order valence-electron chi connectivity index (χ1n) is 6.98. The molecule has 0 fully saturated rings. The number of nitrogens with zero attached hydrogens (tertiary/aromatic N) is 1. The molecule has 0 bridgehead atoms. The number of carbonyl (C=O) groups is 1. The quantitative estimate of drug-likeness (QED) is 0.609. The summed E-state index contributed by atoms with van der Waals surface area (Å²) in [6, 6.07) is 10.2. The molecule has 0 radical (unpaired) electrons. The fourth-order valence-corrected chi connectivity index (χ4v) is 3.68. The number of hydrogen-bond acceptors (Lipinski definition) is 5. The van der Waals surface area contributed by atoms with Crippen molar-refractivity contribution in [2.45, 2.75) is 0 Å². The zero-order valence-electron chi connectivity index (χ0n) is 12.8. The Morgan fingerprint density at radius 3 is 2.68 bits per heavy atom. The number of carbonyl (C=O) groups excluding carboxylic acids is 1. The Balaban J connectivity index is 1.73. The number of hydrogen-bond donors (Lipinski definition) is 2. The predicted molar refractivity (Wildman–Crippen MR) is 106 cm³/mol. The molecule has 1 heterocycles. The first-order chi connectivity index (χ1) is 12.0. The molecular formula is C16H11Cl2N3O2S2. The average molecular weight is 412 g/mol. The third-order valence-electron chi connectivity index (χ3n) is 3.20. The molecule has 0 unspecified atom stereocenters. The van der Waals surface area contributed by atoms with Gasteiger partial charge in [0.05, 0.1) is 22.9 Å². The van der Waals surface area contributed by atoms with E-state index in [0.29, 0.717) is 20.9 Å². The number of thiazole rings is 1. The minimum Gasteiger partial charge on any atom is -0.496 e. The van der Waals surface area contributed by atoms with E-state index < -0.39 is 5.91 Å². The van der Waals surface area contributed by atoms with Crippen LogP contribution in [-0.4, -0.2) is 23.1 Å². The summed E-state index contributed by atoms with van der Waals surface area (Å²) >= 11 is 18.5. The SMILES string of the molecule is COc1ccc(Cl)cc1C(=O)NC(=S)Nc1nc2ccc(Cl)cc2s1. The van der Waals surface area contributed by atoms with E-state index in [1.807, 2.05) is 12.1 Å². The molecule has 0 aliphatic rings. The first kappa shape index (κ1) is 17.9. The van der Waals surface area contributed by atoms with Crippen molar-refractivity contribution in [3.05, 3.63) is 52.0 Å². The van der Waals surface area contributed by atoms with Gasteiger partial charge < -0.3 is 10.1 Å². The zero-order chi connectivity index (χ0) is 18.0.